The molecule has 0 unspecified atom stereocenters. The van der Waals surface area contributed by atoms with Gasteiger partial charge >= 0.3 is 0 Å². The Morgan fingerprint density at radius 1 is 1.08 bits per heavy atom. The van der Waals surface area contributed by atoms with E-state index >= 15 is 0 Å². The van der Waals surface area contributed by atoms with Crippen LogP contribution in [-0.2, 0) is 13.1 Å². The molecule has 0 radical (unpaired) electrons. The molecule has 1 fully saturated rings. The minimum atomic E-state index is 0.598. The van der Waals surface area contributed by atoms with Gasteiger partial charge in [-0.25, -0.2) is 0 Å². The van der Waals surface area contributed by atoms with E-state index in [0.717, 1.165) is 49.3 Å². The second kappa shape index (κ2) is 8.86. The van der Waals surface area contributed by atoms with Crippen molar-refractivity contribution in [3.63, 3.8) is 0 Å². The van der Waals surface area contributed by atoms with E-state index in [0.29, 0.717) is 6.42 Å². The van der Waals surface area contributed by atoms with Gasteiger partial charge < -0.3 is 4.57 Å². The summed E-state index contributed by atoms with van der Waals surface area (Å²) in [5.41, 5.74) is 1.26. The van der Waals surface area contributed by atoms with Crippen LogP contribution in [0.2, 0.25) is 0 Å². The van der Waals surface area contributed by atoms with Crippen LogP contribution < -0.4 is 0 Å². The van der Waals surface area contributed by atoms with Crippen molar-refractivity contribution in [2.75, 3.05) is 18.8 Å². The number of hydrogen-bond donors (Lipinski definition) is 0. The van der Waals surface area contributed by atoms with E-state index in [9.17, 15) is 0 Å². The number of benzene rings is 1. The Balaban J connectivity index is 1.74. The minimum Gasteiger partial charge on any atom is -0.300 e. The summed E-state index contributed by atoms with van der Waals surface area (Å²) in [6.07, 6.45) is 4.05. The van der Waals surface area contributed by atoms with Crippen molar-refractivity contribution < 1.29 is 0 Å². The summed E-state index contributed by atoms with van der Waals surface area (Å²) in [4.78, 5) is 2.45. The van der Waals surface area contributed by atoms with Crippen molar-refractivity contribution in [1.29, 1.82) is 5.26 Å². The number of unbranched alkanes of at least 4 members (excludes halogenated alkanes) is 1. The summed E-state index contributed by atoms with van der Waals surface area (Å²) < 4.78 is 2.24. The highest BCUT2D eigenvalue weighted by molar-refractivity contribution is 7.99. The molecule has 24 heavy (non-hydrogen) atoms. The second-order valence-corrected chi connectivity index (χ2v) is 7.13. The third-order valence-corrected chi connectivity index (χ3v) is 5.26. The van der Waals surface area contributed by atoms with Crippen LogP contribution in [0.25, 0.3) is 0 Å². The number of aromatic nitrogens is 3. The zero-order valence-corrected chi connectivity index (χ0v) is 14.7. The fourth-order valence-electron chi connectivity index (χ4n) is 2.92. The fourth-order valence-corrected chi connectivity index (χ4v) is 3.82. The average molecular weight is 341 g/mol. The zero-order chi connectivity index (χ0) is 16.6. The van der Waals surface area contributed by atoms with Crippen molar-refractivity contribution in [3.8, 4) is 6.07 Å². The molecule has 1 aliphatic rings. The highest BCUT2D eigenvalue weighted by Gasteiger charge is 2.18. The summed E-state index contributed by atoms with van der Waals surface area (Å²) in [5, 5.41) is 18.5. The smallest absolute Gasteiger partial charge is 0.191 e. The predicted octanol–water partition coefficient (Wildman–Crippen LogP) is 3.32. The van der Waals surface area contributed by atoms with Crippen LogP contribution in [-0.4, -0.2) is 38.5 Å². The van der Waals surface area contributed by atoms with Crippen LogP contribution in [0.4, 0.5) is 0 Å². The maximum atomic E-state index is 8.68. The van der Waals surface area contributed by atoms with Gasteiger partial charge in [0.2, 0.25) is 0 Å². The van der Waals surface area contributed by atoms with Crippen LogP contribution in [0.15, 0.2) is 35.5 Å². The largest absolute Gasteiger partial charge is 0.300 e. The van der Waals surface area contributed by atoms with Crippen molar-refractivity contribution in [2.45, 2.75) is 43.9 Å². The summed E-state index contributed by atoms with van der Waals surface area (Å²) in [7, 11) is 0. The van der Waals surface area contributed by atoms with Gasteiger partial charge in [0.05, 0.1) is 19.2 Å². The molecule has 6 heteroatoms. The normalized spacial score (nSPS) is 14.8. The molecule has 1 saturated heterocycles. The summed E-state index contributed by atoms with van der Waals surface area (Å²) in [5.74, 6) is 1.95. The van der Waals surface area contributed by atoms with Gasteiger partial charge in [-0.15, -0.1) is 10.2 Å². The summed E-state index contributed by atoms with van der Waals surface area (Å²) in [6, 6.07) is 12.7. The van der Waals surface area contributed by atoms with E-state index in [-0.39, 0.29) is 0 Å². The van der Waals surface area contributed by atoms with Crippen molar-refractivity contribution >= 4 is 11.8 Å². The fraction of sp³-hybridized carbons (Fsp3) is 0.500. The van der Waals surface area contributed by atoms with Gasteiger partial charge in [-0.05, 0) is 37.9 Å². The Hall–Kier alpha value is -1.84. The molecule has 2 aromatic rings. The maximum Gasteiger partial charge on any atom is 0.191 e. The van der Waals surface area contributed by atoms with Gasteiger partial charge in [0, 0.05) is 12.2 Å². The molecule has 3 rings (SSSR count). The Morgan fingerprint density at radius 2 is 1.88 bits per heavy atom. The average Bonchev–Trinajstić information content (AvgIpc) is 3.25. The van der Waals surface area contributed by atoms with Crippen LogP contribution in [0.1, 0.15) is 37.1 Å². The van der Waals surface area contributed by atoms with E-state index in [1.807, 2.05) is 6.07 Å². The number of hydrogen-bond acceptors (Lipinski definition) is 5. The van der Waals surface area contributed by atoms with Gasteiger partial charge in [0.25, 0.3) is 0 Å². The molecule has 0 saturated carbocycles. The van der Waals surface area contributed by atoms with E-state index in [2.05, 4.69) is 50.0 Å². The lowest BCUT2D eigenvalue weighted by Crippen LogP contribution is -2.21. The van der Waals surface area contributed by atoms with Crippen LogP contribution >= 0.6 is 11.8 Å². The summed E-state index contributed by atoms with van der Waals surface area (Å²) >= 11 is 1.70. The molecule has 2 heterocycles. The number of rotatable bonds is 8. The van der Waals surface area contributed by atoms with E-state index in [1.165, 1.54) is 18.4 Å². The number of nitrogens with zero attached hydrogens (tertiary/aromatic N) is 5. The first-order chi connectivity index (χ1) is 11.9. The Morgan fingerprint density at radius 3 is 2.62 bits per heavy atom. The number of thioether (sulfide) groups is 1. The lowest BCUT2D eigenvalue weighted by atomic mass is 10.2. The van der Waals surface area contributed by atoms with Gasteiger partial charge in [-0.2, -0.15) is 5.26 Å². The van der Waals surface area contributed by atoms with Crippen LogP contribution in [0.3, 0.4) is 0 Å². The molecule has 0 aliphatic carbocycles. The first kappa shape index (κ1) is 17.0. The third kappa shape index (κ3) is 4.59. The monoisotopic (exact) mass is 341 g/mol. The Labute approximate surface area is 147 Å². The van der Waals surface area contributed by atoms with Gasteiger partial charge in [-0.1, -0.05) is 42.1 Å². The number of likely N-dealkylation sites (tertiary alicyclic amines) is 1. The minimum absolute atomic E-state index is 0.598. The van der Waals surface area contributed by atoms with Crippen LogP contribution in [0.5, 0.6) is 0 Å². The molecular formula is C18H23N5S. The second-order valence-electron chi connectivity index (χ2n) is 6.06. The highest BCUT2D eigenvalue weighted by atomic mass is 32.2. The molecule has 0 N–H and O–H groups in total. The molecule has 0 atom stereocenters. The van der Waals surface area contributed by atoms with Gasteiger partial charge in [-0.3, -0.25) is 4.90 Å². The first-order valence-corrected chi connectivity index (χ1v) is 9.53. The maximum absolute atomic E-state index is 8.68. The summed E-state index contributed by atoms with van der Waals surface area (Å²) in [6.45, 7) is 3.99. The predicted molar refractivity (Wildman–Crippen MR) is 95.6 cm³/mol. The van der Waals surface area contributed by atoms with Gasteiger partial charge in [0.1, 0.15) is 5.82 Å². The zero-order valence-electron chi connectivity index (χ0n) is 13.9. The molecule has 0 bridgehead atoms. The Kier molecular flexibility index (Phi) is 6.27. The third-order valence-electron chi connectivity index (χ3n) is 4.20. The lowest BCUT2D eigenvalue weighted by molar-refractivity contribution is 0.316. The van der Waals surface area contributed by atoms with E-state index in [1.54, 1.807) is 11.8 Å². The molecule has 0 spiro atoms. The molecular weight excluding hydrogens is 318 g/mol. The van der Waals surface area contributed by atoms with E-state index < -0.39 is 0 Å². The Bertz CT molecular complexity index is 670. The molecule has 1 aliphatic heterocycles. The van der Waals surface area contributed by atoms with Crippen molar-refractivity contribution in [3.05, 3.63) is 41.7 Å². The number of nitriles is 1. The molecule has 126 valence electrons. The SMILES string of the molecule is N#CCCCSc1nnc(CN2CCCC2)n1Cc1ccccc1. The van der Waals surface area contributed by atoms with Crippen LogP contribution in [0, 0.1) is 11.3 Å². The molecule has 1 aromatic heterocycles. The first-order valence-electron chi connectivity index (χ1n) is 8.55. The van der Waals surface area contributed by atoms with E-state index in [4.69, 9.17) is 5.26 Å². The van der Waals surface area contributed by atoms with Gasteiger partial charge in [0.15, 0.2) is 5.16 Å². The molecule has 0 amide bonds. The van der Waals surface area contributed by atoms with Crippen molar-refractivity contribution in [1.82, 2.24) is 19.7 Å². The standard InChI is InChI=1S/C18H23N5S/c19-10-4-7-13-24-18-21-20-17(15-22-11-5-6-12-22)23(18)14-16-8-2-1-3-9-16/h1-3,8-9H,4-7,11-15H2. The topological polar surface area (TPSA) is 57.7 Å². The quantitative estimate of drug-likeness (QED) is 0.544. The molecule has 5 nitrogen and oxygen atoms in total. The highest BCUT2D eigenvalue weighted by Crippen LogP contribution is 2.21. The lowest BCUT2D eigenvalue weighted by Gasteiger charge is -2.16. The molecule has 1 aromatic carbocycles. The van der Waals surface area contributed by atoms with Crippen molar-refractivity contribution in [2.24, 2.45) is 0 Å².